The normalized spacial score (nSPS) is 16.6. The van der Waals surface area contributed by atoms with Gasteiger partial charge in [-0.15, -0.1) is 12.4 Å². The van der Waals surface area contributed by atoms with Crippen LogP contribution in [0.2, 0.25) is 0 Å². The van der Waals surface area contributed by atoms with Gasteiger partial charge in [-0.05, 0) is 13.1 Å². The lowest BCUT2D eigenvalue weighted by Crippen LogP contribution is -2.52. The third kappa shape index (κ3) is 4.91. The van der Waals surface area contributed by atoms with Gasteiger partial charge < -0.3 is 10.2 Å². The molecule has 2 rings (SSSR count). The van der Waals surface area contributed by atoms with Gasteiger partial charge in [0.25, 0.3) is 5.69 Å². The Labute approximate surface area is 159 Å². The van der Waals surface area contributed by atoms with E-state index < -0.39 is 14.9 Å². The van der Waals surface area contributed by atoms with Crippen LogP contribution >= 0.6 is 12.4 Å². The smallest absolute Gasteiger partial charge is 0.270 e. The summed E-state index contributed by atoms with van der Waals surface area (Å²) in [6, 6.07) is 5.00. The van der Waals surface area contributed by atoms with E-state index in [2.05, 4.69) is 5.32 Å². The summed E-state index contributed by atoms with van der Waals surface area (Å²) >= 11 is 0. The molecule has 0 bridgehead atoms. The Morgan fingerprint density at radius 1 is 1.31 bits per heavy atom. The fraction of sp³-hybridized carbons (Fsp3) is 0.533. The Hall–Kier alpha value is -1.75. The number of carbonyl (C=O) groups excluding carboxylic acids is 1. The number of rotatable bonds is 6. The number of benzene rings is 1. The second kappa shape index (κ2) is 9.26. The molecule has 1 aromatic rings. The molecule has 11 heteroatoms. The molecule has 1 fully saturated rings. The van der Waals surface area contributed by atoms with Crippen molar-refractivity contribution in [1.82, 2.24) is 14.5 Å². The first-order valence-corrected chi connectivity index (χ1v) is 9.39. The van der Waals surface area contributed by atoms with Gasteiger partial charge in [0.05, 0.1) is 9.82 Å². The second-order valence-corrected chi connectivity index (χ2v) is 7.88. The summed E-state index contributed by atoms with van der Waals surface area (Å²) in [5.41, 5.74) is -0.268. The van der Waals surface area contributed by atoms with E-state index in [0.717, 1.165) is 6.07 Å². The van der Waals surface area contributed by atoms with Crippen molar-refractivity contribution in [3.05, 3.63) is 34.4 Å². The van der Waals surface area contributed by atoms with Gasteiger partial charge in [-0.1, -0.05) is 13.0 Å². The molecule has 1 amide bonds. The number of halogens is 1. The Morgan fingerprint density at radius 2 is 1.92 bits per heavy atom. The maximum absolute atomic E-state index is 12.7. The van der Waals surface area contributed by atoms with E-state index in [1.165, 1.54) is 22.5 Å². The molecule has 1 unspecified atom stereocenters. The number of amides is 1. The van der Waals surface area contributed by atoms with E-state index in [9.17, 15) is 23.3 Å². The van der Waals surface area contributed by atoms with Gasteiger partial charge in [0.2, 0.25) is 15.9 Å². The molecule has 1 atom stereocenters. The number of nitrogens with zero attached hydrogens (tertiary/aromatic N) is 3. The third-order valence-corrected chi connectivity index (χ3v) is 6.04. The quantitative estimate of drug-likeness (QED) is 0.549. The molecule has 1 saturated heterocycles. The molecule has 0 aromatic heterocycles. The van der Waals surface area contributed by atoms with Gasteiger partial charge in [0, 0.05) is 50.8 Å². The molecule has 9 nitrogen and oxygen atoms in total. The fourth-order valence-electron chi connectivity index (χ4n) is 2.76. The summed E-state index contributed by atoms with van der Waals surface area (Å²) in [5.74, 6) is -0.188. The number of piperazine rings is 1. The number of non-ortho nitro benzene ring substituents is 1. The summed E-state index contributed by atoms with van der Waals surface area (Å²) in [5, 5.41) is 13.8. The molecule has 0 spiro atoms. The molecule has 1 aliphatic rings. The fourth-order valence-corrected chi connectivity index (χ4v) is 4.22. The van der Waals surface area contributed by atoms with Crippen molar-refractivity contribution in [3.63, 3.8) is 0 Å². The maximum Gasteiger partial charge on any atom is 0.270 e. The van der Waals surface area contributed by atoms with Gasteiger partial charge in [-0.3, -0.25) is 14.9 Å². The molecule has 26 heavy (non-hydrogen) atoms. The summed E-state index contributed by atoms with van der Waals surface area (Å²) in [4.78, 5) is 24.0. The van der Waals surface area contributed by atoms with Crippen LogP contribution in [0.1, 0.15) is 6.92 Å². The molecular weight excluding hydrogens is 384 g/mol. The second-order valence-electron chi connectivity index (χ2n) is 5.94. The lowest BCUT2D eigenvalue weighted by Gasteiger charge is -2.35. The van der Waals surface area contributed by atoms with Crippen LogP contribution in [0, 0.1) is 16.0 Å². The highest BCUT2D eigenvalue weighted by atomic mass is 35.5. The monoisotopic (exact) mass is 406 g/mol. The molecule has 0 aliphatic carbocycles. The topological polar surface area (TPSA) is 113 Å². The number of hydrogen-bond donors (Lipinski definition) is 1. The zero-order valence-electron chi connectivity index (χ0n) is 14.6. The summed E-state index contributed by atoms with van der Waals surface area (Å²) in [6.45, 7) is 3.34. The highest BCUT2D eigenvalue weighted by Gasteiger charge is 2.31. The largest absolute Gasteiger partial charge is 0.340 e. The van der Waals surface area contributed by atoms with Gasteiger partial charge >= 0.3 is 0 Å². The van der Waals surface area contributed by atoms with Crippen molar-refractivity contribution in [2.24, 2.45) is 5.92 Å². The minimum atomic E-state index is -3.82. The Balaban J connectivity index is 0.00000338. The van der Waals surface area contributed by atoms with Crippen LogP contribution in [0.5, 0.6) is 0 Å². The van der Waals surface area contributed by atoms with Gasteiger partial charge in [-0.2, -0.15) is 4.31 Å². The van der Waals surface area contributed by atoms with Crippen molar-refractivity contribution >= 4 is 34.0 Å². The van der Waals surface area contributed by atoms with Gasteiger partial charge in [0.1, 0.15) is 0 Å². The number of hydrogen-bond acceptors (Lipinski definition) is 6. The number of nitro benzene ring substituents is 1. The average molecular weight is 407 g/mol. The van der Waals surface area contributed by atoms with Crippen LogP contribution in [0.4, 0.5) is 5.69 Å². The molecule has 0 saturated carbocycles. The zero-order chi connectivity index (χ0) is 18.6. The predicted molar refractivity (Wildman–Crippen MR) is 98.8 cm³/mol. The average Bonchev–Trinajstić information content (AvgIpc) is 2.61. The molecule has 1 aliphatic heterocycles. The highest BCUT2D eigenvalue weighted by Crippen LogP contribution is 2.22. The van der Waals surface area contributed by atoms with E-state index in [-0.39, 0.29) is 47.9 Å². The van der Waals surface area contributed by atoms with Crippen LogP contribution in [0.25, 0.3) is 0 Å². The first-order chi connectivity index (χ1) is 11.8. The van der Waals surface area contributed by atoms with E-state index in [0.29, 0.717) is 19.6 Å². The lowest BCUT2D eigenvalue weighted by atomic mass is 10.1. The maximum atomic E-state index is 12.7. The van der Waals surface area contributed by atoms with Crippen LogP contribution in [0.3, 0.4) is 0 Å². The lowest BCUT2D eigenvalue weighted by molar-refractivity contribution is -0.385. The van der Waals surface area contributed by atoms with E-state index >= 15 is 0 Å². The number of nitro groups is 1. The van der Waals surface area contributed by atoms with Gasteiger partial charge in [-0.25, -0.2) is 8.42 Å². The molecular formula is C15H23ClN4O5S. The summed E-state index contributed by atoms with van der Waals surface area (Å²) in [7, 11) is -2.05. The van der Waals surface area contributed by atoms with Crippen molar-refractivity contribution in [3.8, 4) is 0 Å². The molecule has 1 N–H and O–H groups in total. The molecule has 146 valence electrons. The Kier molecular flexibility index (Phi) is 7.94. The molecule has 0 radical (unpaired) electrons. The third-order valence-electron chi connectivity index (χ3n) is 4.15. The standard InChI is InChI=1S/C15H22N4O5S.ClH/c1-12(11-16-2)15(20)17-6-8-18(9-7-17)25(23,24)14-5-3-4-13(10-14)19(21)22;/h3-5,10,12,16H,6-9,11H2,1-2H3;1H. The summed E-state index contributed by atoms with van der Waals surface area (Å²) < 4.78 is 26.6. The van der Waals surface area contributed by atoms with E-state index in [1.807, 2.05) is 6.92 Å². The van der Waals surface area contributed by atoms with Crippen LogP contribution in [-0.2, 0) is 14.8 Å². The number of nitrogens with one attached hydrogen (secondary N) is 1. The highest BCUT2D eigenvalue weighted by molar-refractivity contribution is 7.89. The Bertz CT molecular complexity index is 750. The zero-order valence-corrected chi connectivity index (χ0v) is 16.3. The minimum absolute atomic E-state index is 0. The molecule has 1 aromatic carbocycles. The van der Waals surface area contributed by atoms with Crippen LogP contribution in [0.15, 0.2) is 29.2 Å². The van der Waals surface area contributed by atoms with Crippen molar-refractivity contribution < 1.29 is 18.1 Å². The predicted octanol–water partition coefficient (Wildman–Crippen LogP) is 0.705. The van der Waals surface area contributed by atoms with E-state index in [4.69, 9.17) is 0 Å². The number of carbonyl (C=O) groups is 1. The van der Waals surface area contributed by atoms with Crippen molar-refractivity contribution in [2.75, 3.05) is 39.8 Å². The van der Waals surface area contributed by atoms with E-state index in [1.54, 1.807) is 11.9 Å². The number of sulfonamides is 1. The van der Waals surface area contributed by atoms with Crippen molar-refractivity contribution in [1.29, 1.82) is 0 Å². The Morgan fingerprint density at radius 3 is 2.46 bits per heavy atom. The van der Waals surface area contributed by atoms with Crippen LogP contribution < -0.4 is 5.32 Å². The molecule has 1 heterocycles. The summed E-state index contributed by atoms with van der Waals surface area (Å²) in [6.07, 6.45) is 0. The van der Waals surface area contributed by atoms with Gasteiger partial charge in [0.15, 0.2) is 0 Å². The first-order valence-electron chi connectivity index (χ1n) is 7.95. The van der Waals surface area contributed by atoms with Crippen molar-refractivity contribution in [2.45, 2.75) is 11.8 Å². The SMILES string of the molecule is CNCC(C)C(=O)N1CCN(S(=O)(=O)c2cccc([N+](=O)[O-])c2)CC1.Cl. The van der Waals surface area contributed by atoms with Crippen LogP contribution in [-0.4, -0.2) is 68.2 Å². The first kappa shape index (κ1) is 22.3. The minimum Gasteiger partial charge on any atom is -0.340 e.